The lowest BCUT2D eigenvalue weighted by atomic mass is 10.1. The molecule has 0 saturated carbocycles. The predicted molar refractivity (Wildman–Crippen MR) is 73.8 cm³/mol. The van der Waals surface area contributed by atoms with Crippen molar-refractivity contribution in [2.45, 2.75) is 13.0 Å². The minimum Gasteiger partial charge on any atom is -0.330 e. The molecule has 0 spiro atoms. The van der Waals surface area contributed by atoms with Gasteiger partial charge in [0, 0.05) is 13.1 Å². The van der Waals surface area contributed by atoms with E-state index in [0.717, 1.165) is 31.7 Å². The van der Waals surface area contributed by atoms with Crippen LogP contribution in [0.15, 0.2) is 22.7 Å². The second kappa shape index (κ2) is 6.69. The topological polar surface area (TPSA) is 29.3 Å². The van der Waals surface area contributed by atoms with E-state index in [1.165, 1.54) is 12.5 Å². The number of hydrogen-bond donors (Lipinski definition) is 1. The summed E-state index contributed by atoms with van der Waals surface area (Å²) in [5.74, 6) is 0.425. The van der Waals surface area contributed by atoms with Gasteiger partial charge in [-0.2, -0.15) is 0 Å². The van der Waals surface area contributed by atoms with Gasteiger partial charge >= 0.3 is 0 Å². The van der Waals surface area contributed by atoms with Crippen LogP contribution >= 0.6 is 28.3 Å². The van der Waals surface area contributed by atoms with E-state index in [1.54, 1.807) is 0 Å². The number of hydrogen-bond acceptors (Lipinski definition) is 2. The van der Waals surface area contributed by atoms with Crippen molar-refractivity contribution in [3.63, 3.8) is 0 Å². The molecule has 0 aliphatic carbocycles. The molecule has 1 aliphatic rings. The molecule has 1 unspecified atom stereocenters. The smallest absolute Gasteiger partial charge is 0.137 e. The van der Waals surface area contributed by atoms with Gasteiger partial charge in [0.25, 0.3) is 0 Å². The highest BCUT2D eigenvalue weighted by atomic mass is 79.9. The van der Waals surface area contributed by atoms with Crippen molar-refractivity contribution in [3.05, 3.63) is 34.1 Å². The Morgan fingerprint density at radius 2 is 2.24 bits per heavy atom. The largest absolute Gasteiger partial charge is 0.330 e. The van der Waals surface area contributed by atoms with Crippen molar-refractivity contribution in [2.24, 2.45) is 11.7 Å². The Morgan fingerprint density at radius 3 is 2.82 bits per heavy atom. The first kappa shape index (κ1) is 14.9. The number of rotatable bonds is 3. The summed E-state index contributed by atoms with van der Waals surface area (Å²) in [7, 11) is 0. The molecule has 1 heterocycles. The van der Waals surface area contributed by atoms with E-state index in [9.17, 15) is 4.39 Å². The van der Waals surface area contributed by atoms with Gasteiger partial charge in [0.15, 0.2) is 0 Å². The summed E-state index contributed by atoms with van der Waals surface area (Å²) in [6.45, 7) is 3.81. The summed E-state index contributed by atoms with van der Waals surface area (Å²) < 4.78 is 13.6. The van der Waals surface area contributed by atoms with Crippen molar-refractivity contribution >= 4 is 28.3 Å². The maximum absolute atomic E-state index is 13.1. The minimum absolute atomic E-state index is 0. The summed E-state index contributed by atoms with van der Waals surface area (Å²) in [6.07, 6.45) is 1.18. The van der Waals surface area contributed by atoms with Crippen LogP contribution in [0.25, 0.3) is 0 Å². The lowest BCUT2D eigenvalue weighted by Gasteiger charge is -2.15. The Morgan fingerprint density at radius 1 is 1.47 bits per heavy atom. The van der Waals surface area contributed by atoms with Gasteiger partial charge in [-0.15, -0.1) is 12.4 Å². The quantitative estimate of drug-likeness (QED) is 0.927. The second-order valence-corrected chi connectivity index (χ2v) is 5.23. The molecule has 1 atom stereocenters. The third-order valence-electron chi connectivity index (χ3n) is 3.09. The van der Waals surface area contributed by atoms with Crippen LogP contribution in [-0.2, 0) is 6.54 Å². The fourth-order valence-electron chi connectivity index (χ4n) is 2.15. The molecular weight excluding hydrogens is 307 g/mol. The molecule has 1 aliphatic heterocycles. The number of nitrogens with zero attached hydrogens (tertiary/aromatic N) is 1. The molecule has 1 fully saturated rings. The molecule has 0 radical (unpaired) electrons. The number of likely N-dealkylation sites (tertiary alicyclic amines) is 1. The summed E-state index contributed by atoms with van der Waals surface area (Å²) in [5, 5.41) is 0. The highest BCUT2D eigenvalue weighted by Crippen LogP contribution is 2.21. The Kier molecular flexibility index (Phi) is 5.86. The molecule has 0 bridgehead atoms. The Hall–Kier alpha value is -0.160. The SMILES string of the molecule is Cl.NCC1CCN(Cc2ccc(F)c(Br)c2)C1. The van der Waals surface area contributed by atoms with Gasteiger partial charge in [-0.05, 0) is 59.1 Å². The van der Waals surface area contributed by atoms with E-state index in [0.29, 0.717) is 10.4 Å². The van der Waals surface area contributed by atoms with Gasteiger partial charge in [0.1, 0.15) is 5.82 Å². The molecule has 2 nitrogen and oxygen atoms in total. The molecule has 2 N–H and O–H groups in total. The first-order valence-corrected chi connectivity index (χ1v) is 6.34. The van der Waals surface area contributed by atoms with Crippen LogP contribution < -0.4 is 5.73 Å². The molecule has 1 saturated heterocycles. The monoisotopic (exact) mass is 322 g/mol. The van der Waals surface area contributed by atoms with E-state index < -0.39 is 0 Å². The van der Waals surface area contributed by atoms with Crippen LogP contribution in [0.1, 0.15) is 12.0 Å². The van der Waals surface area contributed by atoms with Crippen LogP contribution in [0, 0.1) is 11.7 Å². The van der Waals surface area contributed by atoms with Gasteiger partial charge < -0.3 is 5.73 Å². The number of nitrogens with two attached hydrogens (primary N) is 1. The maximum atomic E-state index is 13.1. The summed E-state index contributed by atoms with van der Waals surface area (Å²) in [4.78, 5) is 2.37. The number of benzene rings is 1. The highest BCUT2D eigenvalue weighted by molar-refractivity contribution is 9.10. The van der Waals surface area contributed by atoms with Gasteiger partial charge in [0.2, 0.25) is 0 Å². The van der Waals surface area contributed by atoms with Crippen molar-refractivity contribution in [2.75, 3.05) is 19.6 Å². The zero-order valence-corrected chi connectivity index (χ0v) is 11.9. The molecule has 1 aromatic carbocycles. The molecular formula is C12H17BrClFN2. The van der Waals surface area contributed by atoms with E-state index in [-0.39, 0.29) is 18.2 Å². The average molecular weight is 324 g/mol. The maximum Gasteiger partial charge on any atom is 0.137 e. The fourth-order valence-corrected chi connectivity index (χ4v) is 2.57. The van der Waals surface area contributed by atoms with E-state index in [4.69, 9.17) is 5.73 Å². The summed E-state index contributed by atoms with van der Waals surface area (Å²) in [6, 6.07) is 5.21. The summed E-state index contributed by atoms with van der Waals surface area (Å²) in [5.41, 5.74) is 6.79. The molecule has 0 amide bonds. The average Bonchev–Trinajstić information content (AvgIpc) is 2.71. The molecule has 96 valence electrons. The van der Waals surface area contributed by atoms with Crippen molar-refractivity contribution < 1.29 is 4.39 Å². The Bertz CT molecular complexity index is 376. The molecule has 2 rings (SSSR count). The van der Waals surface area contributed by atoms with Crippen LogP contribution in [0.5, 0.6) is 0 Å². The standard InChI is InChI=1S/C12H16BrFN2.ClH/c13-11-5-9(1-2-12(11)14)7-16-4-3-10(6-15)8-16;/h1-2,5,10H,3-4,6-8,15H2;1H. The van der Waals surface area contributed by atoms with Crippen LogP contribution in [0.4, 0.5) is 4.39 Å². The first-order valence-electron chi connectivity index (χ1n) is 5.55. The molecule has 1 aromatic rings. The first-order chi connectivity index (χ1) is 7.69. The van der Waals surface area contributed by atoms with Crippen LogP contribution in [0.3, 0.4) is 0 Å². The third-order valence-corrected chi connectivity index (χ3v) is 3.70. The second-order valence-electron chi connectivity index (χ2n) is 4.37. The highest BCUT2D eigenvalue weighted by Gasteiger charge is 2.21. The Labute approximate surface area is 116 Å². The normalized spacial score (nSPS) is 20.3. The lowest BCUT2D eigenvalue weighted by molar-refractivity contribution is 0.317. The fraction of sp³-hybridized carbons (Fsp3) is 0.500. The van der Waals surface area contributed by atoms with E-state index >= 15 is 0 Å². The predicted octanol–water partition coefficient (Wildman–Crippen LogP) is 2.79. The zero-order valence-electron chi connectivity index (χ0n) is 9.53. The lowest BCUT2D eigenvalue weighted by Crippen LogP contribution is -2.22. The minimum atomic E-state index is -0.204. The van der Waals surface area contributed by atoms with Gasteiger partial charge in [-0.3, -0.25) is 4.90 Å². The molecule has 17 heavy (non-hydrogen) atoms. The van der Waals surface area contributed by atoms with Gasteiger partial charge in [0.05, 0.1) is 4.47 Å². The summed E-state index contributed by atoms with van der Waals surface area (Å²) >= 11 is 3.21. The molecule has 0 aromatic heterocycles. The van der Waals surface area contributed by atoms with E-state index in [1.807, 2.05) is 12.1 Å². The van der Waals surface area contributed by atoms with Crippen LogP contribution in [0.2, 0.25) is 0 Å². The van der Waals surface area contributed by atoms with Crippen molar-refractivity contribution in [1.29, 1.82) is 0 Å². The zero-order chi connectivity index (χ0) is 11.5. The van der Waals surface area contributed by atoms with E-state index in [2.05, 4.69) is 20.8 Å². The van der Waals surface area contributed by atoms with Crippen LogP contribution in [-0.4, -0.2) is 24.5 Å². The van der Waals surface area contributed by atoms with Gasteiger partial charge in [-0.25, -0.2) is 4.39 Å². The third kappa shape index (κ3) is 3.91. The van der Waals surface area contributed by atoms with Crippen molar-refractivity contribution in [1.82, 2.24) is 4.90 Å². The Balaban J connectivity index is 0.00000144. The molecule has 5 heteroatoms. The number of halogens is 3. The van der Waals surface area contributed by atoms with Crippen molar-refractivity contribution in [3.8, 4) is 0 Å². The van der Waals surface area contributed by atoms with Gasteiger partial charge in [-0.1, -0.05) is 6.07 Å².